The van der Waals surface area contributed by atoms with Gasteiger partial charge in [0, 0.05) is 20.6 Å². The summed E-state index contributed by atoms with van der Waals surface area (Å²) in [6, 6.07) is 4.79. The third-order valence-corrected chi connectivity index (χ3v) is 5.61. The Balaban J connectivity index is 2.84. The van der Waals surface area contributed by atoms with Crippen molar-refractivity contribution in [3.8, 4) is 0 Å². The molecule has 0 spiro atoms. The van der Waals surface area contributed by atoms with Crippen LogP contribution in [0.2, 0.25) is 0 Å². The van der Waals surface area contributed by atoms with Gasteiger partial charge in [0.1, 0.15) is 0 Å². The third-order valence-electron chi connectivity index (χ3n) is 2.89. The number of nitrogens with one attached hydrogen (secondary N) is 1. The smallest absolute Gasteiger partial charge is 0.242 e. The number of nitrogens with two attached hydrogens (primary N) is 1. The molecular formula is C13H23N3O2S2. The van der Waals surface area contributed by atoms with Crippen molar-refractivity contribution in [2.45, 2.75) is 11.8 Å². The van der Waals surface area contributed by atoms with Crippen molar-refractivity contribution in [1.29, 1.82) is 0 Å². The summed E-state index contributed by atoms with van der Waals surface area (Å²) in [7, 11) is -0.430. The zero-order valence-electron chi connectivity index (χ0n) is 12.4. The van der Waals surface area contributed by atoms with Crippen LogP contribution in [0.25, 0.3) is 0 Å². The van der Waals surface area contributed by atoms with E-state index in [1.165, 1.54) is 24.5 Å². The van der Waals surface area contributed by atoms with E-state index in [0.29, 0.717) is 11.6 Å². The summed E-state index contributed by atoms with van der Waals surface area (Å²) < 4.78 is 25.2. The third kappa shape index (κ3) is 4.29. The van der Waals surface area contributed by atoms with Gasteiger partial charge in [0.25, 0.3) is 0 Å². The molecular weight excluding hydrogens is 294 g/mol. The van der Waals surface area contributed by atoms with Gasteiger partial charge in [0.2, 0.25) is 10.0 Å². The van der Waals surface area contributed by atoms with Crippen LogP contribution in [-0.2, 0) is 10.0 Å². The Hall–Kier alpha value is -0.920. The van der Waals surface area contributed by atoms with E-state index >= 15 is 0 Å². The summed E-state index contributed by atoms with van der Waals surface area (Å²) in [5, 5.41) is 3.26. The number of anilines is 2. The fraction of sp³-hybridized carbons (Fsp3) is 0.538. The first-order chi connectivity index (χ1) is 9.28. The molecule has 0 radical (unpaired) electrons. The Bertz CT molecular complexity index is 545. The number of nitrogen functional groups attached to an aromatic ring is 1. The molecule has 1 rings (SSSR count). The predicted molar refractivity (Wildman–Crippen MR) is 87.8 cm³/mol. The molecule has 1 unspecified atom stereocenters. The lowest BCUT2D eigenvalue weighted by Gasteiger charge is -2.16. The average Bonchev–Trinajstić information content (AvgIpc) is 2.37. The van der Waals surface area contributed by atoms with Crippen molar-refractivity contribution in [2.75, 3.05) is 43.7 Å². The molecule has 0 bridgehead atoms. The van der Waals surface area contributed by atoms with E-state index < -0.39 is 10.0 Å². The van der Waals surface area contributed by atoms with Crippen molar-refractivity contribution in [3.05, 3.63) is 18.2 Å². The predicted octanol–water partition coefficient (Wildman–Crippen LogP) is 1.93. The molecule has 5 nitrogen and oxygen atoms in total. The Kier molecular flexibility index (Phi) is 6.16. The van der Waals surface area contributed by atoms with E-state index in [2.05, 4.69) is 18.5 Å². The van der Waals surface area contributed by atoms with Crippen LogP contribution in [0.4, 0.5) is 11.4 Å². The zero-order chi connectivity index (χ0) is 15.3. The first kappa shape index (κ1) is 17.1. The number of thioether (sulfide) groups is 1. The number of nitrogens with zero attached hydrogens (tertiary/aromatic N) is 1. The minimum absolute atomic E-state index is 0.211. The number of rotatable bonds is 7. The molecule has 0 aliphatic carbocycles. The highest BCUT2D eigenvalue weighted by Crippen LogP contribution is 2.24. The molecule has 3 N–H and O–H groups in total. The minimum atomic E-state index is -3.43. The topological polar surface area (TPSA) is 75.4 Å². The van der Waals surface area contributed by atoms with Gasteiger partial charge in [-0.1, -0.05) is 6.92 Å². The van der Waals surface area contributed by atoms with Crippen molar-refractivity contribution in [1.82, 2.24) is 4.31 Å². The highest BCUT2D eigenvalue weighted by Gasteiger charge is 2.18. The lowest BCUT2D eigenvalue weighted by Crippen LogP contribution is -2.22. The van der Waals surface area contributed by atoms with Crippen molar-refractivity contribution >= 4 is 33.2 Å². The fourth-order valence-corrected chi connectivity index (χ4v) is 3.33. The maximum Gasteiger partial charge on any atom is 0.242 e. The van der Waals surface area contributed by atoms with Gasteiger partial charge in [0.05, 0.1) is 16.3 Å². The fourth-order valence-electron chi connectivity index (χ4n) is 1.70. The van der Waals surface area contributed by atoms with Crippen LogP contribution in [-0.4, -0.2) is 45.4 Å². The van der Waals surface area contributed by atoms with Gasteiger partial charge in [-0.15, -0.1) is 0 Å². The van der Waals surface area contributed by atoms with Crippen LogP contribution in [0.5, 0.6) is 0 Å². The summed E-state index contributed by atoms with van der Waals surface area (Å²) in [6.07, 6.45) is 2.08. The van der Waals surface area contributed by atoms with Gasteiger partial charge >= 0.3 is 0 Å². The number of sulfonamides is 1. The first-order valence-corrected chi connectivity index (χ1v) is 9.17. The monoisotopic (exact) mass is 317 g/mol. The lowest BCUT2D eigenvalue weighted by atomic mass is 10.2. The quantitative estimate of drug-likeness (QED) is 0.752. The number of hydrogen-bond acceptors (Lipinski definition) is 5. The van der Waals surface area contributed by atoms with Gasteiger partial charge in [0.15, 0.2) is 0 Å². The van der Waals surface area contributed by atoms with Gasteiger partial charge in [-0.25, -0.2) is 12.7 Å². The molecule has 1 aromatic rings. The summed E-state index contributed by atoms with van der Waals surface area (Å²) in [5.74, 6) is 1.59. The standard InChI is InChI=1S/C13H23N3O2S2/c1-10(9-19-4)8-15-13-6-5-11(7-12(13)14)20(17,18)16(2)3/h5-7,10,15H,8-9,14H2,1-4H3. The first-order valence-electron chi connectivity index (χ1n) is 6.34. The number of benzene rings is 1. The maximum atomic E-state index is 12.0. The van der Waals surface area contributed by atoms with E-state index in [0.717, 1.165) is 18.0 Å². The van der Waals surface area contributed by atoms with Crippen molar-refractivity contribution < 1.29 is 8.42 Å². The highest BCUT2D eigenvalue weighted by molar-refractivity contribution is 7.98. The molecule has 0 heterocycles. The second-order valence-electron chi connectivity index (χ2n) is 4.98. The highest BCUT2D eigenvalue weighted by atomic mass is 32.2. The van der Waals surface area contributed by atoms with E-state index in [9.17, 15) is 8.42 Å². The molecule has 1 atom stereocenters. The van der Waals surface area contributed by atoms with Crippen LogP contribution in [0.15, 0.2) is 23.1 Å². The van der Waals surface area contributed by atoms with Gasteiger partial charge < -0.3 is 11.1 Å². The maximum absolute atomic E-state index is 12.0. The molecule has 20 heavy (non-hydrogen) atoms. The van der Waals surface area contributed by atoms with Crippen LogP contribution >= 0.6 is 11.8 Å². The van der Waals surface area contributed by atoms with E-state index in [1.807, 2.05) is 0 Å². The van der Waals surface area contributed by atoms with E-state index in [1.54, 1.807) is 23.9 Å². The molecule has 0 aromatic heterocycles. The summed E-state index contributed by atoms with van der Waals surface area (Å²) in [4.78, 5) is 0.211. The normalized spacial score (nSPS) is 13.4. The van der Waals surface area contributed by atoms with Crippen LogP contribution < -0.4 is 11.1 Å². The van der Waals surface area contributed by atoms with E-state index in [4.69, 9.17) is 5.73 Å². The molecule has 0 aliphatic heterocycles. The Labute approximate surface area is 126 Å². The summed E-state index contributed by atoms with van der Waals surface area (Å²) in [6.45, 7) is 2.97. The SMILES string of the molecule is CSCC(C)CNc1ccc(S(=O)(=O)N(C)C)cc1N. The average molecular weight is 317 g/mol. The molecule has 1 aromatic carbocycles. The van der Waals surface area contributed by atoms with Gasteiger partial charge in [-0.3, -0.25) is 0 Å². The van der Waals surface area contributed by atoms with Crippen molar-refractivity contribution in [2.24, 2.45) is 5.92 Å². The summed E-state index contributed by atoms with van der Waals surface area (Å²) >= 11 is 1.80. The Morgan fingerprint density at radius 1 is 1.40 bits per heavy atom. The largest absolute Gasteiger partial charge is 0.397 e. The molecule has 0 saturated heterocycles. The second-order valence-corrected chi connectivity index (χ2v) is 8.04. The molecule has 0 aliphatic rings. The molecule has 0 fully saturated rings. The Morgan fingerprint density at radius 2 is 2.05 bits per heavy atom. The van der Waals surface area contributed by atoms with Gasteiger partial charge in [-0.05, 0) is 36.1 Å². The second kappa shape index (κ2) is 7.19. The molecule has 7 heteroatoms. The van der Waals surface area contributed by atoms with Crippen molar-refractivity contribution in [3.63, 3.8) is 0 Å². The molecule has 114 valence electrons. The molecule has 0 amide bonds. The summed E-state index contributed by atoms with van der Waals surface area (Å²) in [5.41, 5.74) is 7.15. The van der Waals surface area contributed by atoms with Crippen LogP contribution in [0.3, 0.4) is 0 Å². The molecule has 0 saturated carbocycles. The van der Waals surface area contributed by atoms with Crippen LogP contribution in [0, 0.1) is 5.92 Å². The number of hydrogen-bond donors (Lipinski definition) is 2. The van der Waals surface area contributed by atoms with E-state index in [-0.39, 0.29) is 4.90 Å². The lowest BCUT2D eigenvalue weighted by molar-refractivity contribution is 0.521. The zero-order valence-corrected chi connectivity index (χ0v) is 14.0. The minimum Gasteiger partial charge on any atom is -0.397 e. The van der Waals surface area contributed by atoms with Crippen LogP contribution in [0.1, 0.15) is 6.92 Å². The Morgan fingerprint density at radius 3 is 2.55 bits per heavy atom. The van der Waals surface area contributed by atoms with Gasteiger partial charge in [-0.2, -0.15) is 11.8 Å².